The molecule has 324 valence electrons. The molecule has 0 spiro atoms. The highest BCUT2D eigenvalue weighted by molar-refractivity contribution is 7.33. The second-order valence-electron chi connectivity index (χ2n) is 22.3. The number of aryl methyl sites for hydroxylation is 4. The molecular weight excluding hydrogens is 812 g/mol. The monoisotopic (exact) mass is 874 g/mol. The fourth-order valence-corrected chi connectivity index (χ4v) is 12.9. The van der Waals surface area contributed by atoms with Crippen LogP contribution in [-0.2, 0) is 16.2 Å². The lowest BCUT2D eigenvalue weighted by Gasteiger charge is -2.45. The standard InChI is InChI=1S/C59H63BN2S2/c1-33(2)39-28-47-52-48(29-39)62(54-36(5)26-43(27-37(54)6)59(13,14)15)55-44-31-41(57(7,8)9)21-23-50(44)64-56(55)60(52)45-32-42(58(10,11)12)20-22-46(45)61(47)53-34(3)24-40(25-35(53)4)51-30-38-18-16-17-19-49(38)63-51/h16-33H,1-15H3. The Bertz CT molecular complexity index is 3130. The molecular formula is C59H63BN2S2. The summed E-state index contributed by atoms with van der Waals surface area (Å²) in [5.74, 6) is 0.324. The van der Waals surface area contributed by atoms with Gasteiger partial charge in [0, 0.05) is 41.5 Å². The minimum absolute atomic E-state index is 0.0143. The van der Waals surface area contributed by atoms with Gasteiger partial charge in [0.2, 0.25) is 0 Å². The van der Waals surface area contributed by atoms with E-state index in [2.05, 4.69) is 217 Å². The van der Waals surface area contributed by atoms with Gasteiger partial charge in [-0.1, -0.05) is 125 Å². The van der Waals surface area contributed by atoms with E-state index < -0.39 is 0 Å². The summed E-state index contributed by atoms with van der Waals surface area (Å²) in [6, 6.07) is 40.8. The SMILES string of the molecule is Cc1cc(-c2cc3ccccc3s2)cc(C)c1N1c2ccc(C(C)(C)C)cc2B2c3sc4ccc(C(C)(C)C)cc4c3N(c3c(C)cc(C(C)(C)C)cc3C)c3cc(C(C)C)cc1c32. The molecule has 2 aliphatic rings. The van der Waals surface area contributed by atoms with E-state index in [0.29, 0.717) is 5.92 Å². The van der Waals surface area contributed by atoms with Crippen molar-refractivity contribution < 1.29 is 0 Å². The fourth-order valence-electron chi connectivity index (χ4n) is 10.6. The van der Waals surface area contributed by atoms with Crippen molar-refractivity contribution in [3.8, 4) is 10.4 Å². The van der Waals surface area contributed by atoms with Gasteiger partial charge in [0.05, 0.1) is 17.1 Å². The van der Waals surface area contributed by atoms with E-state index in [1.54, 1.807) is 0 Å². The van der Waals surface area contributed by atoms with Crippen LogP contribution in [0.4, 0.5) is 34.1 Å². The average molecular weight is 875 g/mol. The first kappa shape index (κ1) is 42.8. The molecule has 6 aromatic carbocycles. The average Bonchev–Trinajstić information content (AvgIpc) is 3.82. The highest BCUT2D eigenvalue weighted by Gasteiger charge is 2.47. The Kier molecular flexibility index (Phi) is 9.84. The number of fused-ring (bicyclic) bond motifs is 7. The summed E-state index contributed by atoms with van der Waals surface area (Å²) in [6.07, 6.45) is 0. The smallest absolute Gasteiger partial charge is 0.264 e. The molecule has 10 rings (SSSR count). The Morgan fingerprint density at radius 3 is 1.67 bits per heavy atom. The lowest BCUT2D eigenvalue weighted by Crippen LogP contribution is -2.60. The largest absolute Gasteiger partial charge is 0.311 e. The molecule has 0 aliphatic carbocycles. The van der Waals surface area contributed by atoms with E-state index in [1.165, 1.54) is 125 Å². The van der Waals surface area contributed by atoms with Crippen LogP contribution in [0, 0.1) is 27.7 Å². The summed E-state index contributed by atoms with van der Waals surface area (Å²) in [7, 11) is 0. The van der Waals surface area contributed by atoms with Crippen LogP contribution in [0.3, 0.4) is 0 Å². The van der Waals surface area contributed by atoms with Crippen LogP contribution < -0.4 is 25.5 Å². The van der Waals surface area contributed by atoms with Crippen molar-refractivity contribution in [2.45, 2.75) is 126 Å². The fraction of sp³-hybridized carbons (Fsp3) is 0.322. The zero-order chi connectivity index (χ0) is 45.5. The maximum absolute atomic E-state index is 2.72. The van der Waals surface area contributed by atoms with Gasteiger partial charge < -0.3 is 9.80 Å². The molecule has 4 heterocycles. The van der Waals surface area contributed by atoms with Crippen LogP contribution in [0.1, 0.15) is 127 Å². The number of benzene rings is 6. The predicted octanol–water partition coefficient (Wildman–Crippen LogP) is 16.1. The van der Waals surface area contributed by atoms with Gasteiger partial charge in [0.1, 0.15) is 0 Å². The van der Waals surface area contributed by atoms with Gasteiger partial charge in [-0.05, 0) is 171 Å². The predicted molar refractivity (Wildman–Crippen MR) is 286 cm³/mol. The lowest BCUT2D eigenvalue weighted by molar-refractivity contribution is 0.589. The first-order valence-corrected chi connectivity index (χ1v) is 24.9. The summed E-state index contributed by atoms with van der Waals surface area (Å²) in [5.41, 5.74) is 22.6. The molecule has 0 saturated heterocycles. The molecule has 2 nitrogen and oxygen atoms in total. The first-order chi connectivity index (χ1) is 30.1. The third-order valence-electron chi connectivity index (χ3n) is 14.1. The molecule has 64 heavy (non-hydrogen) atoms. The van der Waals surface area contributed by atoms with Crippen molar-refractivity contribution in [3.05, 3.63) is 148 Å². The number of rotatable bonds is 4. The molecule has 0 radical (unpaired) electrons. The molecule has 0 atom stereocenters. The van der Waals surface area contributed by atoms with Gasteiger partial charge >= 0.3 is 0 Å². The molecule has 0 amide bonds. The van der Waals surface area contributed by atoms with E-state index in [9.17, 15) is 0 Å². The maximum Gasteiger partial charge on any atom is 0.264 e. The van der Waals surface area contributed by atoms with Crippen molar-refractivity contribution >= 4 is 99.4 Å². The third-order valence-corrected chi connectivity index (χ3v) is 16.5. The molecule has 2 aliphatic heterocycles. The molecule has 0 fully saturated rings. The third kappa shape index (κ3) is 6.78. The number of hydrogen-bond donors (Lipinski definition) is 0. The minimum Gasteiger partial charge on any atom is -0.311 e. The molecule has 2 aromatic heterocycles. The van der Waals surface area contributed by atoms with Crippen molar-refractivity contribution in [1.82, 2.24) is 0 Å². The highest BCUT2D eigenvalue weighted by Crippen LogP contribution is 2.52. The first-order valence-electron chi connectivity index (χ1n) is 23.3. The minimum atomic E-state index is -0.0173. The van der Waals surface area contributed by atoms with E-state index in [-0.39, 0.29) is 23.0 Å². The number of anilines is 6. The summed E-state index contributed by atoms with van der Waals surface area (Å²) in [4.78, 5) is 6.71. The van der Waals surface area contributed by atoms with Gasteiger partial charge in [0.15, 0.2) is 0 Å². The zero-order valence-electron chi connectivity index (χ0n) is 40.7. The van der Waals surface area contributed by atoms with Crippen molar-refractivity contribution in [2.75, 3.05) is 9.80 Å². The van der Waals surface area contributed by atoms with Crippen LogP contribution in [-0.4, -0.2) is 6.71 Å². The van der Waals surface area contributed by atoms with Crippen molar-refractivity contribution in [3.63, 3.8) is 0 Å². The van der Waals surface area contributed by atoms with E-state index in [1.807, 2.05) is 22.7 Å². The highest BCUT2D eigenvalue weighted by atomic mass is 32.1. The quantitative estimate of drug-likeness (QED) is 0.163. The van der Waals surface area contributed by atoms with Crippen LogP contribution in [0.2, 0.25) is 0 Å². The van der Waals surface area contributed by atoms with Gasteiger partial charge in [-0.25, -0.2) is 0 Å². The van der Waals surface area contributed by atoms with Crippen LogP contribution in [0.5, 0.6) is 0 Å². The Hall–Kier alpha value is -5.10. The molecule has 8 aromatic rings. The van der Waals surface area contributed by atoms with Gasteiger partial charge in [0.25, 0.3) is 6.71 Å². The molecule has 5 heteroatoms. The normalized spacial score (nSPS) is 13.9. The van der Waals surface area contributed by atoms with Crippen LogP contribution in [0.25, 0.3) is 30.6 Å². The Morgan fingerprint density at radius 2 is 1.06 bits per heavy atom. The van der Waals surface area contributed by atoms with E-state index in [0.717, 1.165) is 0 Å². The van der Waals surface area contributed by atoms with Crippen LogP contribution >= 0.6 is 22.7 Å². The Balaban J connectivity index is 1.32. The van der Waals surface area contributed by atoms with Crippen molar-refractivity contribution in [1.29, 1.82) is 0 Å². The van der Waals surface area contributed by atoms with Gasteiger partial charge in [-0.15, -0.1) is 22.7 Å². The summed E-state index contributed by atoms with van der Waals surface area (Å²) in [5, 5.41) is 2.66. The molecule has 0 N–H and O–H groups in total. The molecule has 0 saturated carbocycles. The summed E-state index contributed by atoms with van der Waals surface area (Å²) < 4.78 is 4.12. The van der Waals surface area contributed by atoms with Crippen molar-refractivity contribution in [2.24, 2.45) is 0 Å². The van der Waals surface area contributed by atoms with Crippen LogP contribution in [0.15, 0.2) is 103 Å². The summed E-state index contributed by atoms with van der Waals surface area (Å²) in [6.45, 7) is 35.3. The topological polar surface area (TPSA) is 6.48 Å². The van der Waals surface area contributed by atoms with E-state index in [4.69, 9.17) is 0 Å². The maximum atomic E-state index is 2.72. The van der Waals surface area contributed by atoms with Gasteiger partial charge in [-0.2, -0.15) is 0 Å². The number of thiophene rings is 2. The Morgan fingerprint density at radius 1 is 0.500 bits per heavy atom. The molecule has 0 bridgehead atoms. The second kappa shape index (κ2) is 14.7. The number of nitrogens with zero attached hydrogens (tertiary/aromatic N) is 2. The molecule has 0 unspecified atom stereocenters. The Labute approximate surface area is 391 Å². The lowest BCUT2D eigenvalue weighted by atomic mass is 9.36. The zero-order valence-corrected chi connectivity index (χ0v) is 42.3. The summed E-state index contributed by atoms with van der Waals surface area (Å²) >= 11 is 3.90. The van der Waals surface area contributed by atoms with E-state index >= 15 is 0 Å². The number of hydrogen-bond acceptors (Lipinski definition) is 4. The second-order valence-corrected chi connectivity index (χ2v) is 24.5. The van der Waals surface area contributed by atoms with Gasteiger partial charge in [-0.3, -0.25) is 0 Å².